The molecule has 0 amide bonds. The van der Waals surface area contributed by atoms with Crippen LogP contribution in [-0.4, -0.2) is 52.0 Å². The maximum absolute atomic E-state index is 13.1. The fourth-order valence-electron chi connectivity index (χ4n) is 4.10. The Morgan fingerprint density at radius 2 is 2.06 bits per heavy atom. The van der Waals surface area contributed by atoms with Gasteiger partial charge in [-0.1, -0.05) is 0 Å². The lowest BCUT2D eigenvalue weighted by Gasteiger charge is -2.17. The SMILES string of the molecule is COc1nc(-c2csc(Nc3c4c(nn3CC(F)(F)F)CCC4)n2)ccc1N1C=NC(C)C1. The smallest absolute Gasteiger partial charge is 0.408 e. The van der Waals surface area contributed by atoms with Gasteiger partial charge in [0, 0.05) is 17.5 Å². The molecule has 0 saturated heterocycles. The Balaban J connectivity index is 1.40. The third-order valence-corrected chi connectivity index (χ3v) is 6.32. The number of hydrogen-bond acceptors (Lipinski definition) is 8. The topological polar surface area (TPSA) is 80.5 Å². The van der Waals surface area contributed by atoms with E-state index in [1.807, 2.05) is 29.3 Å². The molecule has 0 aromatic carbocycles. The van der Waals surface area contributed by atoms with Crippen LogP contribution in [0.15, 0.2) is 22.5 Å². The zero-order valence-corrected chi connectivity index (χ0v) is 18.9. The molecule has 12 heteroatoms. The molecule has 0 spiro atoms. The molecule has 5 rings (SSSR count). The van der Waals surface area contributed by atoms with Gasteiger partial charge >= 0.3 is 6.18 Å². The zero-order valence-electron chi connectivity index (χ0n) is 18.1. The van der Waals surface area contributed by atoms with Crippen molar-refractivity contribution in [1.82, 2.24) is 19.7 Å². The van der Waals surface area contributed by atoms with Crippen molar-refractivity contribution < 1.29 is 17.9 Å². The fourth-order valence-corrected chi connectivity index (χ4v) is 4.80. The predicted molar refractivity (Wildman–Crippen MR) is 121 cm³/mol. The largest absolute Gasteiger partial charge is 0.479 e. The van der Waals surface area contributed by atoms with E-state index < -0.39 is 12.7 Å². The van der Waals surface area contributed by atoms with E-state index in [1.54, 1.807) is 13.4 Å². The number of nitrogens with zero attached hydrogens (tertiary/aromatic N) is 6. The monoisotopic (exact) mass is 477 g/mol. The van der Waals surface area contributed by atoms with Gasteiger partial charge in [0.1, 0.15) is 23.7 Å². The maximum Gasteiger partial charge on any atom is 0.408 e. The van der Waals surface area contributed by atoms with E-state index in [4.69, 9.17) is 4.74 Å². The Bertz CT molecular complexity index is 1200. The minimum Gasteiger partial charge on any atom is -0.479 e. The molecule has 3 aromatic heterocycles. The Morgan fingerprint density at radius 1 is 1.21 bits per heavy atom. The normalized spacial score (nSPS) is 17.6. The molecule has 33 heavy (non-hydrogen) atoms. The summed E-state index contributed by atoms with van der Waals surface area (Å²) in [6.45, 7) is 1.64. The number of nitrogens with one attached hydrogen (secondary N) is 1. The standard InChI is InChI=1S/C21H22F3N7OS/c1-12-8-30(11-25-12)17-7-6-15(26-19(17)32-2)16-9-33-20(27-16)28-18-13-4-3-5-14(13)29-31(18)10-21(22,23)24/h6-7,9,11-12H,3-5,8,10H2,1-2H3,(H,27,28). The fraction of sp³-hybridized carbons (Fsp3) is 0.429. The van der Waals surface area contributed by atoms with Gasteiger partial charge in [-0.2, -0.15) is 18.3 Å². The van der Waals surface area contributed by atoms with E-state index in [-0.39, 0.29) is 6.04 Å². The summed E-state index contributed by atoms with van der Waals surface area (Å²) in [5, 5.41) is 9.55. The van der Waals surface area contributed by atoms with E-state index in [2.05, 4.69) is 25.4 Å². The van der Waals surface area contributed by atoms with E-state index in [9.17, 15) is 13.2 Å². The van der Waals surface area contributed by atoms with E-state index in [0.717, 1.165) is 34.6 Å². The van der Waals surface area contributed by atoms with Crippen LogP contribution in [0, 0.1) is 0 Å². The van der Waals surface area contributed by atoms with Crippen LogP contribution in [0.25, 0.3) is 11.4 Å². The number of alkyl halides is 3. The van der Waals surface area contributed by atoms with Gasteiger partial charge in [0.25, 0.3) is 0 Å². The van der Waals surface area contributed by atoms with Crippen LogP contribution in [0.3, 0.4) is 0 Å². The van der Waals surface area contributed by atoms with Crippen molar-refractivity contribution in [2.45, 2.75) is 44.9 Å². The summed E-state index contributed by atoms with van der Waals surface area (Å²) in [6, 6.07) is 3.95. The van der Waals surface area contributed by atoms with Crippen LogP contribution in [-0.2, 0) is 19.4 Å². The average Bonchev–Trinajstić information content (AvgIpc) is 3.54. The van der Waals surface area contributed by atoms with Gasteiger partial charge in [-0.25, -0.2) is 14.6 Å². The molecule has 4 heterocycles. The van der Waals surface area contributed by atoms with Gasteiger partial charge < -0.3 is 15.0 Å². The molecule has 2 aliphatic rings. The molecular formula is C21H22F3N7OS. The van der Waals surface area contributed by atoms with Crippen LogP contribution >= 0.6 is 11.3 Å². The van der Waals surface area contributed by atoms with E-state index in [1.165, 1.54) is 11.3 Å². The predicted octanol–water partition coefficient (Wildman–Crippen LogP) is 4.44. The lowest BCUT2D eigenvalue weighted by molar-refractivity contribution is -0.142. The number of ether oxygens (including phenoxy) is 1. The Morgan fingerprint density at radius 3 is 2.79 bits per heavy atom. The van der Waals surface area contributed by atoms with Crippen molar-refractivity contribution in [3.05, 3.63) is 28.8 Å². The molecule has 0 radical (unpaired) electrons. The van der Waals surface area contributed by atoms with E-state index in [0.29, 0.717) is 41.1 Å². The van der Waals surface area contributed by atoms with Crippen molar-refractivity contribution in [2.75, 3.05) is 23.9 Å². The number of aromatic nitrogens is 4. The number of hydrogen-bond donors (Lipinski definition) is 1. The molecule has 0 saturated carbocycles. The van der Waals surface area contributed by atoms with Crippen molar-refractivity contribution >= 4 is 34.3 Å². The third kappa shape index (κ3) is 4.39. The number of thiazole rings is 1. The number of aryl methyl sites for hydroxylation is 1. The van der Waals surface area contributed by atoms with Crippen molar-refractivity contribution in [2.24, 2.45) is 4.99 Å². The minimum absolute atomic E-state index is 0.203. The van der Waals surface area contributed by atoms with Crippen LogP contribution in [0.5, 0.6) is 5.88 Å². The summed E-state index contributed by atoms with van der Waals surface area (Å²) in [4.78, 5) is 15.5. The number of methoxy groups -OCH3 is 1. The number of rotatable bonds is 6. The Kier molecular flexibility index (Phi) is 5.47. The first-order chi connectivity index (χ1) is 15.8. The van der Waals surface area contributed by atoms with Crippen LogP contribution in [0.1, 0.15) is 24.6 Å². The minimum atomic E-state index is -4.36. The van der Waals surface area contributed by atoms with Gasteiger partial charge in [0.15, 0.2) is 5.13 Å². The third-order valence-electron chi connectivity index (χ3n) is 5.56. The maximum atomic E-state index is 13.1. The highest BCUT2D eigenvalue weighted by Crippen LogP contribution is 2.36. The highest BCUT2D eigenvalue weighted by Gasteiger charge is 2.32. The van der Waals surface area contributed by atoms with Crippen molar-refractivity contribution in [3.63, 3.8) is 0 Å². The summed E-state index contributed by atoms with van der Waals surface area (Å²) in [7, 11) is 1.56. The molecule has 0 fully saturated rings. The molecule has 8 nitrogen and oxygen atoms in total. The second-order valence-corrected chi connectivity index (χ2v) is 8.91. The lowest BCUT2D eigenvalue weighted by atomic mass is 10.2. The summed E-state index contributed by atoms with van der Waals surface area (Å²) < 4.78 is 45.6. The number of pyridine rings is 1. The lowest BCUT2D eigenvalue weighted by Crippen LogP contribution is -2.22. The van der Waals surface area contributed by atoms with Gasteiger partial charge in [0.2, 0.25) is 5.88 Å². The molecule has 1 N–H and O–H groups in total. The van der Waals surface area contributed by atoms with Gasteiger partial charge in [0.05, 0.1) is 30.9 Å². The first-order valence-corrected chi connectivity index (χ1v) is 11.4. The van der Waals surface area contributed by atoms with Crippen LogP contribution < -0.4 is 15.0 Å². The quantitative estimate of drug-likeness (QED) is 0.565. The zero-order chi connectivity index (χ0) is 23.2. The summed E-state index contributed by atoms with van der Waals surface area (Å²) in [5.41, 5.74) is 3.59. The molecule has 174 valence electrons. The highest BCUT2D eigenvalue weighted by atomic mass is 32.1. The van der Waals surface area contributed by atoms with Gasteiger partial charge in [-0.3, -0.25) is 4.99 Å². The first kappa shape index (κ1) is 21.7. The molecule has 3 aromatic rings. The van der Waals surface area contributed by atoms with Crippen LogP contribution in [0.4, 0.5) is 29.8 Å². The summed E-state index contributed by atoms with van der Waals surface area (Å²) >= 11 is 1.30. The molecule has 1 unspecified atom stereocenters. The summed E-state index contributed by atoms with van der Waals surface area (Å²) in [6.07, 6.45) is -0.304. The average molecular weight is 478 g/mol. The molecular weight excluding hydrogens is 455 g/mol. The number of halogens is 3. The Labute approximate surface area is 192 Å². The van der Waals surface area contributed by atoms with Crippen LogP contribution in [0.2, 0.25) is 0 Å². The van der Waals surface area contributed by atoms with Crippen molar-refractivity contribution in [1.29, 1.82) is 0 Å². The summed E-state index contributed by atoms with van der Waals surface area (Å²) in [5.74, 6) is 0.820. The van der Waals surface area contributed by atoms with E-state index >= 15 is 0 Å². The number of fused-ring (bicyclic) bond motifs is 1. The second-order valence-electron chi connectivity index (χ2n) is 8.05. The van der Waals surface area contributed by atoms with Crippen molar-refractivity contribution in [3.8, 4) is 17.3 Å². The van der Waals surface area contributed by atoms with Gasteiger partial charge in [-0.05, 0) is 38.3 Å². The molecule has 1 aliphatic heterocycles. The molecule has 0 bridgehead atoms. The molecule has 1 atom stereocenters. The number of anilines is 3. The van der Waals surface area contributed by atoms with Gasteiger partial charge in [-0.15, -0.1) is 11.3 Å². The molecule has 1 aliphatic carbocycles. The number of aliphatic imine (C=N–C) groups is 1. The highest BCUT2D eigenvalue weighted by molar-refractivity contribution is 7.14. The first-order valence-electron chi connectivity index (χ1n) is 10.5. The Hall–Kier alpha value is -3.15. The second kappa shape index (κ2) is 8.32.